The zero-order chi connectivity index (χ0) is 16.7. The van der Waals surface area contributed by atoms with Crippen molar-refractivity contribution in [2.24, 2.45) is 0 Å². The fourth-order valence-electron chi connectivity index (χ4n) is 3.11. The van der Waals surface area contributed by atoms with Crippen LogP contribution in [0.1, 0.15) is 29.6 Å². The lowest BCUT2D eigenvalue weighted by molar-refractivity contribution is 0.430. The Morgan fingerprint density at radius 3 is 2.71 bits per heavy atom. The van der Waals surface area contributed by atoms with Crippen molar-refractivity contribution in [1.29, 1.82) is 0 Å². The zero-order valence-electron chi connectivity index (χ0n) is 12.5. The maximum atomic E-state index is 13.8. The molecule has 2 atom stereocenters. The second kappa shape index (κ2) is 6.29. The standard InChI is InChI=1S/C17H13Br2FN4/c18-12-3-1-2-10(4-12)16-8-15(23-17-21-9-22-24(16)17)11-5-13(19)7-14(20)6-11/h1-7,9,15-16H,8H2,(H,21,22,23)/t15-,16+/m0/s1. The number of hydrogen-bond donors (Lipinski definition) is 1. The average molecular weight is 452 g/mol. The molecule has 3 aromatic rings. The molecular weight excluding hydrogens is 439 g/mol. The van der Waals surface area contributed by atoms with Crippen LogP contribution < -0.4 is 5.32 Å². The molecule has 1 N–H and O–H groups in total. The Morgan fingerprint density at radius 2 is 1.92 bits per heavy atom. The molecule has 1 aromatic heterocycles. The Kier molecular flexibility index (Phi) is 4.14. The van der Waals surface area contributed by atoms with Crippen molar-refractivity contribution >= 4 is 37.8 Å². The topological polar surface area (TPSA) is 42.7 Å². The number of fused-ring (bicyclic) bond motifs is 1. The van der Waals surface area contributed by atoms with Gasteiger partial charge in [0, 0.05) is 8.95 Å². The molecule has 0 saturated heterocycles. The molecule has 1 aliphatic heterocycles. The van der Waals surface area contributed by atoms with E-state index < -0.39 is 0 Å². The zero-order valence-corrected chi connectivity index (χ0v) is 15.6. The first-order valence-corrected chi connectivity index (χ1v) is 9.06. The van der Waals surface area contributed by atoms with Gasteiger partial charge in [0.1, 0.15) is 12.1 Å². The summed E-state index contributed by atoms with van der Waals surface area (Å²) in [6.07, 6.45) is 2.29. The van der Waals surface area contributed by atoms with E-state index in [1.165, 1.54) is 12.4 Å². The Balaban J connectivity index is 1.76. The summed E-state index contributed by atoms with van der Waals surface area (Å²) in [5, 5.41) is 7.70. The van der Waals surface area contributed by atoms with Crippen LogP contribution in [0.5, 0.6) is 0 Å². The van der Waals surface area contributed by atoms with E-state index >= 15 is 0 Å². The van der Waals surface area contributed by atoms with Gasteiger partial charge in [-0.2, -0.15) is 10.1 Å². The maximum Gasteiger partial charge on any atom is 0.222 e. The van der Waals surface area contributed by atoms with Crippen molar-refractivity contribution in [3.63, 3.8) is 0 Å². The Bertz CT molecular complexity index is 876. The summed E-state index contributed by atoms with van der Waals surface area (Å²) < 4.78 is 17.4. The van der Waals surface area contributed by atoms with Gasteiger partial charge in [0.15, 0.2) is 0 Å². The summed E-state index contributed by atoms with van der Waals surface area (Å²) >= 11 is 6.89. The molecule has 0 fully saturated rings. The van der Waals surface area contributed by atoms with Gasteiger partial charge in [-0.1, -0.05) is 44.0 Å². The van der Waals surface area contributed by atoms with Gasteiger partial charge >= 0.3 is 0 Å². The lowest BCUT2D eigenvalue weighted by Gasteiger charge is -2.32. The second-order valence-electron chi connectivity index (χ2n) is 5.73. The van der Waals surface area contributed by atoms with Gasteiger partial charge in [-0.05, 0) is 47.9 Å². The average Bonchev–Trinajstić information content (AvgIpc) is 3.01. The Labute approximate surface area is 155 Å². The smallest absolute Gasteiger partial charge is 0.222 e. The van der Waals surface area contributed by atoms with Crippen molar-refractivity contribution in [2.75, 3.05) is 5.32 Å². The van der Waals surface area contributed by atoms with Crippen molar-refractivity contribution in [1.82, 2.24) is 14.8 Å². The second-order valence-corrected chi connectivity index (χ2v) is 7.57. The first-order valence-electron chi connectivity index (χ1n) is 7.47. The van der Waals surface area contributed by atoms with Crippen LogP contribution in [-0.2, 0) is 0 Å². The highest BCUT2D eigenvalue weighted by molar-refractivity contribution is 9.10. The summed E-state index contributed by atoms with van der Waals surface area (Å²) in [7, 11) is 0. The van der Waals surface area contributed by atoms with Crippen molar-refractivity contribution in [2.45, 2.75) is 18.5 Å². The van der Waals surface area contributed by atoms with Gasteiger partial charge in [-0.15, -0.1) is 0 Å². The quantitative estimate of drug-likeness (QED) is 0.590. The lowest BCUT2D eigenvalue weighted by atomic mass is 9.93. The lowest BCUT2D eigenvalue weighted by Crippen LogP contribution is -2.28. The molecule has 7 heteroatoms. The van der Waals surface area contributed by atoms with E-state index in [4.69, 9.17) is 0 Å². The van der Waals surface area contributed by atoms with Crippen LogP contribution in [0, 0.1) is 5.82 Å². The molecule has 0 unspecified atom stereocenters. The number of nitrogens with one attached hydrogen (secondary N) is 1. The summed E-state index contributed by atoms with van der Waals surface area (Å²) in [5.74, 6) is 0.434. The van der Waals surface area contributed by atoms with Crippen LogP contribution in [0.2, 0.25) is 0 Å². The molecule has 0 amide bonds. The molecule has 2 heterocycles. The SMILES string of the molecule is Fc1cc(Br)cc([C@@H]2C[C@H](c3cccc(Br)c3)n3ncnc3N2)c1. The van der Waals surface area contributed by atoms with Crippen molar-refractivity contribution in [3.05, 3.63) is 74.7 Å². The molecule has 122 valence electrons. The first-order chi connectivity index (χ1) is 11.6. The predicted molar refractivity (Wildman–Crippen MR) is 97.4 cm³/mol. The summed E-state index contributed by atoms with van der Waals surface area (Å²) in [4.78, 5) is 4.30. The van der Waals surface area contributed by atoms with Crippen LogP contribution in [0.15, 0.2) is 57.7 Å². The Morgan fingerprint density at radius 1 is 1.08 bits per heavy atom. The first kappa shape index (κ1) is 15.8. The van der Waals surface area contributed by atoms with Gasteiger partial charge in [-0.25, -0.2) is 9.07 Å². The molecule has 0 saturated carbocycles. The number of anilines is 1. The summed E-state index contributed by atoms with van der Waals surface area (Å²) in [5.41, 5.74) is 2.02. The Hall–Kier alpha value is -1.73. The fraction of sp³-hybridized carbons (Fsp3) is 0.176. The molecule has 24 heavy (non-hydrogen) atoms. The van der Waals surface area contributed by atoms with E-state index in [1.54, 1.807) is 6.07 Å². The number of nitrogens with zero attached hydrogens (tertiary/aromatic N) is 3. The van der Waals surface area contributed by atoms with E-state index in [9.17, 15) is 4.39 Å². The van der Waals surface area contributed by atoms with Crippen molar-refractivity contribution < 1.29 is 4.39 Å². The summed E-state index contributed by atoms with van der Waals surface area (Å²) in [6.45, 7) is 0. The normalized spacial score (nSPS) is 19.6. The number of benzene rings is 2. The van der Waals surface area contributed by atoms with Crippen LogP contribution in [-0.4, -0.2) is 14.8 Å². The molecule has 4 nitrogen and oxygen atoms in total. The van der Waals surface area contributed by atoms with E-state index in [2.05, 4.69) is 59.4 Å². The van der Waals surface area contributed by atoms with Gasteiger partial charge in [0.2, 0.25) is 5.95 Å². The molecular formula is C17H13Br2FN4. The van der Waals surface area contributed by atoms with E-state index in [-0.39, 0.29) is 17.9 Å². The third-order valence-electron chi connectivity index (χ3n) is 4.15. The predicted octanol–water partition coefficient (Wildman–Crippen LogP) is 5.09. The monoisotopic (exact) mass is 450 g/mol. The number of rotatable bonds is 2. The highest BCUT2D eigenvalue weighted by Gasteiger charge is 2.30. The van der Waals surface area contributed by atoms with Crippen LogP contribution in [0.3, 0.4) is 0 Å². The molecule has 0 radical (unpaired) electrons. The van der Waals surface area contributed by atoms with Gasteiger partial charge in [0.05, 0.1) is 12.1 Å². The molecule has 2 aromatic carbocycles. The third kappa shape index (κ3) is 2.98. The van der Waals surface area contributed by atoms with E-state index in [1.807, 2.05) is 22.9 Å². The van der Waals surface area contributed by atoms with E-state index in [0.29, 0.717) is 5.95 Å². The minimum atomic E-state index is -0.257. The molecule has 0 aliphatic carbocycles. The summed E-state index contributed by atoms with van der Waals surface area (Å²) in [6, 6.07) is 13.1. The van der Waals surface area contributed by atoms with Crippen LogP contribution in [0.4, 0.5) is 10.3 Å². The van der Waals surface area contributed by atoms with Crippen LogP contribution >= 0.6 is 31.9 Å². The molecule has 4 rings (SSSR count). The van der Waals surface area contributed by atoms with Crippen LogP contribution in [0.25, 0.3) is 0 Å². The third-order valence-corrected chi connectivity index (χ3v) is 5.10. The molecule has 0 bridgehead atoms. The minimum absolute atomic E-state index is 0.0355. The molecule has 1 aliphatic rings. The maximum absolute atomic E-state index is 13.8. The van der Waals surface area contributed by atoms with Gasteiger partial charge < -0.3 is 5.32 Å². The minimum Gasteiger partial charge on any atom is -0.348 e. The number of aromatic nitrogens is 3. The fourth-order valence-corrected chi connectivity index (χ4v) is 4.01. The molecule has 0 spiro atoms. The highest BCUT2D eigenvalue weighted by Crippen LogP contribution is 2.38. The highest BCUT2D eigenvalue weighted by atomic mass is 79.9. The van der Waals surface area contributed by atoms with E-state index in [0.717, 1.165) is 26.5 Å². The van der Waals surface area contributed by atoms with Gasteiger partial charge in [0.25, 0.3) is 0 Å². The van der Waals surface area contributed by atoms with Gasteiger partial charge in [-0.3, -0.25) is 0 Å². The number of halogens is 3. The van der Waals surface area contributed by atoms with Crippen molar-refractivity contribution in [3.8, 4) is 0 Å². The largest absolute Gasteiger partial charge is 0.348 e. The number of hydrogen-bond acceptors (Lipinski definition) is 3.